The Balaban J connectivity index is 2.21. The van der Waals surface area contributed by atoms with E-state index in [-0.39, 0.29) is 16.8 Å². The molecule has 0 fully saturated rings. The van der Waals surface area contributed by atoms with Crippen LogP contribution in [-0.4, -0.2) is 32.9 Å². The fourth-order valence-electron chi connectivity index (χ4n) is 2.22. The molecule has 0 saturated heterocycles. The molecular formula is C17H15F4N3O4S. The van der Waals surface area contributed by atoms with E-state index in [0.29, 0.717) is 0 Å². The number of rotatable bonds is 6. The summed E-state index contributed by atoms with van der Waals surface area (Å²) < 4.78 is 76.6. The van der Waals surface area contributed by atoms with Crippen LogP contribution in [0.2, 0.25) is 0 Å². The van der Waals surface area contributed by atoms with Crippen LogP contribution in [0.15, 0.2) is 42.5 Å². The first-order valence-electron chi connectivity index (χ1n) is 7.89. The molecular weight excluding hydrogens is 418 g/mol. The molecule has 0 aliphatic carbocycles. The van der Waals surface area contributed by atoms with Crippen LogP contribution in [0.5, 0.6) is 0 Å². The third-order valence-electron chi connectivity index (χ3n) is 3.64. The molecule has 0 bridgehead atoms. The molecule has 29 heavy (non-hydrogen) atoms. The van der Waals surface area contributed by atoms with Crippen molar-refractivity contribution in [1.82, 2.24) is 10.9 Å². The number of hydrogen-bond acceptors (Lipinski definition) is 4. The van der Waals surface area contributed by atoms with Gasteiger partial charge in [0.05, 0.1) is 18.5 Å². The lowest BCUT2D eigenvalue weighted by Gasteiger charge is -2.23. The van der Waals surface area contributed by atoms with Gasteiger partial charge in [0, 0.05) is 11.1 Å². The van der Waals surface area contributed by atoms with Crippen LogP contribution < -0.4 is 15.2 Å². The van der Waals surface area contributed by atoms with Crippen molar-refractivity contribution in [2.45, 2.75) is 13.0 Å². The number of anilines is 1. The van der Waals surface area contributed by atoms with Crippen molar-refractivity contribution in [2.24, 2.45) is 0 Å². The van der Waals surface area contributed by atoms with E-state index in [1.165, 1.54) is 17.6 Å². The highest BCUT2D eigenvalue weighted by molar-refractivity contribution is 7.92. The second-order valence-corrected chi connectivity index (χ2v) is 7.70. The van der Waals surface area contributed by atoms with Crippen molar-refractivity contribution in [3.05, 3.63) is 65.2 Å². The second kappa shape index (κ2) is 8.90. The van der Waals surface area contributed by atoms with Gasteiger partial charge >= 0.3 is 12.3 Å². The highest BCUT2D eigenvalue weighted by atomic mass is 32.2. The van der Waals surface area contributed by atoms with Gasteiger partial charge in [-0.2, -0.15) is 8.78 Å². The number of benzene rings is 2. The summed E-state index contributed by atoms with van der Waals surface area (Å²) in [6.45, 7) is -0.444. The van der Waals surface area contributed by atoms with Gasteiger partial charge < -0.3 is 0 Å². The molecule has 0 saturated carbocycles. The Labute approximate surface area is 163 Å². The number of nitrogens with zero attached hydrogens (tertiary/aromatic N) is 1. The van der Waals surface area contributed by atoms with E-state index in [1.54, 1.807) is 5.43 Å². The van der Waals surface area contributed by atoms with E-state index in [0.717, 1.165) is 40.9 Å². The summed E-state index contributed by atoms with van der Waals surface area (Å²) in [5.74, 6) is -4.32. The predicted octanol–water partition coefficient (Wildman–Crippen LogP) is 1.96. The van der Waals surface area contributed by atoms with Crippen LogP contribution in [0.1, 0.15) is 15.9 Å². The van der Waals surface area contributed by atoms with Gasteiger partial charge in [-0.25, -0.2) is 17.2 Å². The standard InChI is InChI=1S/C17H15F4N3O4S/c1-29(27,28)24(13-6-4-12(18)5-7-13)9-11-3-2-10(8-14(11)19)16(25)22-23-17(26)15(20)21/h2-8,15H,9H2,1H3,(H,22,25)(H,23,26). The molecule has 0 heterocycles. The predicted molar refractivity (Wildman–Crippen MR) is 95.4 cm³/mol. The van der Waals surface area contributed by atoms with E-state index in [9.17, 15) is 35.6 Å². The highest BCUT2D eigenvalue weighted by Gasteiger charge is 2.21. The third-order valence-corrected chi connectivity index (χ3v) is 4.78. The first kappa shape index (κ1) is 22.1. The number of carbonyl (C=O) groups is 2. The molecule has 2 aromatic carbocycles. The number of alkyl halides is 2. The molecule has 2 amide bonds. The fraction of sp³-hybridized carbons (Fsp3) is 0.176. The normalized spacial score (nSPS) is 11.2. The number of halogens is 4. The molecule has 0 aromatic heterocycles. The smallest absolute Gasteiger partial charge is 0.267 e. The number of hydrazine groups is 1. The molecule has 7 nitrogen and oxygen atoms in total. The molecule has 2 N–H and O–H groups in total. The molecule has 156 valence electrons. The fourth-order valence-corrected chi connectivity index (χ4v) is 3.10. The Hall–Kier alpha value is -3.15. The third kappa shape index (κ3) is 5.91. The lowest BCUT2D eigenvalue weighted by atomic mass is 10.1. The summed E-state index contributed by atoms with van der Waals surface area (Å²) in [6, 6.07) is 7.51. The second-order valence-electron chi connectivity index (χ2n) is 5.80. The summed E-state index contributed by atoms with van der Waals surface area (Å²) in [4.78, 5) is 22.5. The van der Waals surface area contributed by atoms with Crippen LogP contribution in [0, 0.1) is 11.6 Å². The molecule has 0 aliphatic rings. The Morgan fingerprint density at radius 2 is 1.66 bits per heavy atom. The quantitative estimate of drug-likeness (QED) is 0.538. The number of sulfonamides is 1. The van der Waals surface area contributed by atoms with Crippen molar-refractivity contribution < 1.29 is 35.6 Å². The van der Waals surface area contributed by atoms with Gasteiger partial charge in [-0.3, -0.25) is 24.7 Å². The molecule has 2 rings (SSSR count). The van der Waals surface area contributed by atoms with Gasteiger partial charge in [0.2, 0.25) is 10.0 Å². The van der Waals surface area contributed by atoms with Gasteiger partial charge in [-0.1, -0.05) is 6.07 Å². The maximum atomic E-state index is 14.4. The Morgan fingerprint density at radius 1 is 1.03 bits per heavy atom. The minimum atomic E-state index is -3.85. The van der Waals surface area contributed by atoms with Crippen LogP contribution >= 0.6 is 0 Å². The molecule has 12 heteroatoms. The van der Waals surface area contributed by atoms with Crippen molar-refractivity contribution in [3.63, 3.8) is 0 Å². The van der Waals surface area contributed by atoms with Crippen LogP contribution in [0.3, 0.4) is 0 Å². The molecule has 0 radical (unpaired) electrons. The topological polar surface area (TPSA) is 95.6 Å². The first-order chi connectivity index (χ1) is 13.5. The van der Waals surface area contributed by atoms with E-state index in [1.807, 2.05) is 0 Å². The number of nitrogens with one attached hydrogen (secondary N) is 2. The molecule has 0 spiro atoms. The maximum Gasteiger partial charge on any atom is 0.317 e. The maximum absolute atomic E-state index is 14.4. The summed E-state index contributed by atoms with van der Waals surface area (Å²) in [6.07, 6.45) is -2.45. The monoisotopic (exact) mass is 433 g/mol. The summed E-state index contributed by atoms with van der Waals surface area (Å²) >= 11 is 0. The summed E-state index contributed by atoms with van der Waals surface area (Å²) in [5, 5.41) is 0. The van der Waals surface area contributed by atoms with Gasteiger partial charge in [-0.15, -0.1) is 0 Å². The zero-order chi connectivity index (χ0) is 21.8. The van der Waals surface area contributed by atoms with Crippen molar-refractivity contribution >= 4 is 27.5 Å². The average molecular weight is 433 g/mol. The molecule has 0 atom stereocenters. The summed E-state index contributed by atoms with van der Waals surface area (Å²) in [7, 11) is -3.85. The highest BCUT2D eigenvalue weighted by Crippen LogP contribution is 2.22. The Morgan fingerprint density at radius 3 is 2.17 bits per heavy atom. The lowest BCUT2D eigenvalue weighted by molar-refractivity contribution is -0.132. The van der Waals surface area contributed by atoms with Crippen molar-refractivity contribution in [3.8, 4) is 0 Å². The average Bonchev–Trinajstić information content (AvgIpc) is 2.64. The Kier molecular flexibility index (Phi) is 6.80. The summed E-state index contributed by atoms with van der Waals surface area (Å²) in [5.41, 5.74) is 2.86. The van der Waals surface area contributed by atoms with Gasteiger partial charge in [0.15, 0.2) is 0 Å². The minimum Gasteiger partial charge on any atom is -0.267 e. The van der Waals surface area contributed by atoms with Crippen molar-refractivity contribution in [1.29, 1.82) is 0 Å². The molecule has 2 aromatic rings. The number of carbonyl (C=O) groups excluding carboxylic acids is 2. The number of hydrogen-bond donors (Lipinski definition) is 2. The van der Waals surface area contributed by atoms with Crippen LogP contribution in [0.25, 0.3) is 0 Å². The minimum absolute atomic E-state index is 0.102. The molecule has 0 aliphatic heterocycles. The van der Waals surface area contributed by atoms with Crippen LogP contribution in [0.4, 0.5) is 23.2 Å². The van der Waals surface area contributed by atoms with E-state index in [4.69, 9.17) is 0 Å². The van der Waals surface area contributed by atoms with Crippen LogP contribution in [-0.2, 0) is 21.4 Å². The van der Waals surface area contributed by atoms with E-state index < -0.39 is 46.4 Å². The number of amides is 2. The largest absolute Gasteiger partial charge is 0.317 e. The van der Waals surface area contributed by atoms with Gasteiger partial charge in [0.1, 0.15) is 11.6 Å². The lowest BCUT2D eigenvalue weighted by Crippen LogP contribution is -2.44. The van der Waals surface area contributed by atoms with Gasteiger partial charge in [-0.05, 0) is 36.4 Å². The molecule has 0 unspecified atom stereocenters. The van der Waals surface area contributed by atoms with Crippen molar-refractivity contribution in [2.75, 3.05) is 10.6 Å². The van der Waals surface area contributed by atoms with E-state index >= 15 is 0 Å². The zero-order valence-electron chi connectivity index (χ0n) is 14.8. The zero-order valence-corrected chi connectivity index (χ0v) is 15.6. The SMILES string of the molecule is CS(=O)(=O)N(Cc1ccc(C(=O)NNC(=O)C(F)F)cc1F)c1ccc(F)cc1. The Bertz CT molecular complexity index is 1010. The van der Waals surface area contributed by atoms with E-state index in [2.05, 4.69) is 0 Å². The first-order valence-corrected chi connectivity index (χ1v) is 9.74. The van der Waals surface area contributed by atoms with Gasteiger partial charge in [0.25, 0.3) is 5.91 Å².